The van der Waals surface area contributed by atoms with Crippen LogP contribution in [-0.2, 0) is 32.6 Å². The van der Waals surface area contributed by atoms with E-state index in [4.69, 9.17) is 0 Å². The molecule has 1 aliphatic rings. The van der Waals surface area contributed by atoms with Crippen LogP contribution >= 0.6 is 0 Å². The van der Waals surface area contributed by atoms with E-state index in [1.165, 1.54) is 10.6 Å². The molecule has 41 heavy (non-hydrogen) atoms. The molecule has 1 N–H and O–H groups in total. The molecule has 7 nitrogen and oxygen atoms in total. The molecule has 0 saturated heterocycles. The number of para-hydroxylation sites is 1. The van der Waals surface area contributed by atoms with Gasteiger partial charge in [-0.1, -0.05) is 85.6 Å². The number of carbonyl (C=O) groups excluding carboxylic acids is 2. The Bertz CT molecular complexity index is 1390. The lowest BCUT2D eigenvalue weighted by Crippen LogP contribution is -2.52. The van der Waals surface area contributed by atoms with E-state index < -0.39 is 16.1 Å². The maximum Gasteiger partial charge on any atom is 0.243 e. The van der Waals surface area contributed by atoms with Gasteiger partial charge in [0.05, 0.1) is 11.9 Å². The molecule has 0 unspecified atom stereocenters. The summed E-state index contributed by atoms with van der Waals surface area (Å²) in [6.45, 7) is 2.48. The minimum Gasteiger partial charge on any atom is -0.352 e. The Labute approximate surface area is 244 Å². The van der Waals surface area contributed by atoms with Crippen molar-refractivity contribution < 1.29 is 18.0 Å². The van der Waals surface area contributed by atoms with Gasteiger partial charge in [0.1, 0.15) is 6.04 Å². The fraction of sp³-hybridized carbons (Fsp3) is 0.394. The van der Waals surface area contributed by atoms with E-state index in [9.17, 15) is 18.0 Å². The van der Waals surface area contributed by atoms with Gasteiger partial charge in [0.2, 0.25) is 21.8 Å². The van der Waals surface area contributed by atoms with Crippen LogP contribution in [0, 0.1) is 6.92 Å². The van der Waals surface area contributed by atoms with Crippen molar-refractivity contribution in [3.05, 3.63) is 102 Å². The number of carbonyl (C=O) groups is 2. The van der Waals surface area contributed by atoms with Crippen LogP contribution in [0.15, 0.2) is 84.9 Å². The van der Waals surface area contributed by atoms with Crippen LogP contribution in [0.1, 0.15) is 55.2 Å². The Morgan fingerprint density at radius 1 is 0.902 bits per heavy atom. The van der Waals surface area contributed by atoms with Gasteiger partial charge in [0.15, 0.2) is 0 Å². The predicted octanol–water partition coefficient (Wildman–Crippen LogP) is 5.24. The normalized spacial score (nSPS) is 14.4. The minimum absolute atomic E-state index is 0.118. The average Bonchev–Trinajstić information content (AvgIpc) is 3.47. The van der Waals surface area contributed by atoms with Crippen LogP contribution in [0.2, 0.25) is 0 Å². The summed E-state index contributed by atoms with van der Waals surface area (Å²) in [6, 6.07) is 26.0. The van der Waals surface area contributed by atoms with Crippen molar-refractivity contribution in [1.29, 1.82) is 0 Å². The molecule has 0 radical (unpaired) electrons. The van der Waals surface area contributed by atoms with Gasteiger partial charge in [0, 0.05) is 32.0 Å². The highest BCUT2D eigenvalue weighted by atomic mass is 32.2. The van der Waals surface area contributed by atoms with E-state index in [1.54, 1.807) is 29.2 Å². The Balaban J connectivity index is 1.59. The zero-order chi connectivity index (χ0) is 29.2. The number of aryl methyl sites for hydroxylation is 1. The number of rotatable bonds is 13. The fourth-order valence-electron chi connectivity index (χ4n) is 5.49. The summed E-state index contributed by atoms with van der Waals surface area (Å²) in [5, 5.41) is 3.23. The largest absolute Gasteiger partial charge is 0.352 e. The summed E-state index contributed by atoms with van der Waals surface area (Å²) < 4.78 is 26.5. The highest BCUT2D eigenvalue weighted by Crippen LogP contribution is 2.22. The molecular formula is C33H41N3O4S. The van der Waals surface area contributed by atoms with Crippen molar-refractivity contribution >= 4 is 27.5 Å². The summed E-state index contributed by atoms with van der Waals surface area (Å²) in [7, 11) is -3.53. The van der Waals surface area contributed by atoms with Crippen molar-refractivity contribution in [3.63, 3.8) is 0 Å². The van der Waals surface area contributed by atoms with E-state index in [1.807, 2.05) is 67.6 Å². The Morgan fingerprint density at radius 2 is 1.51 bits per heavy atom. The lowest BCUT2D eigenvalue weighted by atomic mass is 10.0. The van der Waals surface area contributed by atoms with Gasteiger partial charge in [-0.05, 0) is 55.0 Å². The molecule has 0 aliphatic heterocycles. The van der Waals surface area contributed by atoms with Gasteiger partial charge >= 0.3 is 0 Å². The van der Waals surface area contributed by atoms with Crippen LogP contribution < -0.4 is 9.62 Å². The zero-order valence-electron chi connectivity index (χ0n) is 24.0. The summed E-state index contributed by atoms with van der Waals surface area (Å²) in [5.41, 5.74) is 3.58. The number of hydrogen-bond acceptors (Lipinski definition) is 4. The van der Waals surface area contributed by atoms with Crippen LogP contribution in [0.4, 0.5) is 5.69 Å². The molecule has 1 saturated carbocycles. The number of nitrogens with one attached hydrogen (secondary N) is 1. The lowest BCUT2D eigenvalue weighted by molar-refractivity contribution is -0.141. The maximum absolute atomic E-state index is 14.0. The molecule has 1 atom stereocenters. The molecule has 8 heteroatoms. The molecule has 4 rings (SSSR count). The summed E-state index contributed by atoms with van der Waals surface area (Å²) in [6.07, 6.45) is 6.12. The quantitative estimate of drug-likeness (QED) is 0.302. The molecule has 3 aromatic carbocycles. The first kappa shape index (κ1) is 30.3. The lowest BCUT2D eigenvalue weighted by Gasteiger charge is -2.33. The van der Waals surface area contributed by atoms with Crippen molar-refractivity contribution in [2.75, 3.05) is 17.1 Å². The number of benzene rings is 3. The third-order valence-electron chi connectivity index (χ3n) is 7.77. The number of hydrogen-bond donors (Lipinski definition) is 1. The molecule has 1 fully saturated rings. The molecule has 2 amide bonds. The van der Waals surface area contributed by atoms with Crippen molar-refractivity contribution in [1.82, 2.24) is 10.2 Å². The van der Waals surface area contributed by atoms with Crippen LogP contribution in [0.3, 0.4) is 0 Å². The monoisotopic (exact) mass is 575 g/mol. The maximum atomic E-state index is 14.0. The average molecular weight is 576 g/mol. The van der Waals surface area contributed by atoms with Crippen LogP contribution in [-0.4, -0.2) is 50.0 Å². The number of sulfonamides is 1. The summed E-state index contributed by atoms with van der Waals surface area (Å²) in [4.78, 5) is 29.5. The van der Waals surface area contributed by atoms with Crippen LogP contribution in [0.5, 0.6) is 0 Å². The van der Waals surface area contributed by atoms with Gasteiger partial charge < -0.3 is 10.2 Å². The molecule has 3 aromatic rings. The summed E-state index contributed by atoms with van der Waals surface area (Å²) in [5.74, 6) is -0.304. The number of amides is 2. The molecule has 0 bridgehead atoms. The molecule has 0 aromatic heterocycles. The topological polar surface area (TPSA) is 86.8 Å². The number of nitrogens with zero attached hydrogens (tertiary/aromatic N) is 2. The Kier molecular flexibility index (Phi) is 10.6. The van der Waals surface area contributed by atoms with Gasteiger partial charge in [-0.3, -0.25) is 13.9 Å². The third-order valence-corrected chi connectivity index (χ3v) is 8.97. The molecule has 1 aliphatic carbocycles. The van der Waals surface area contributed by atoms with Gasteiger partial charge in [-0.15, -0.1) is 0 Å². The highest BCUT2D eigenvalue weighted by Gasteiger charge is 2.32. The van der Waals surface area contributed by atoms with Gasteiger partial charge in [0.25, 0.3) is 0 Å². The van der Waals surface area contributed by atoms with E-state index >= 15 is 0 Å². The van der Waals surface area contributed by atoms with E-state index in [-0.39, 0.29) is 30.8 Å². The van der Waals surface area contributed by atoms with Crippen LogP contribution in [0.25, 0.3) is 0 Å². The zero-order valence-corrected chi connectivity index (χ0v) is 24.9. The second-order valence-electron chi connectivity index (χ2n) is 10.9. The first-order chi connectivity index (χ1) is 19.7. The Morgan fingerprint density at radius 3 is 2.15 bits per heavy atom. The van der Waals surface area contributed by atoms with Crippen molar-refractivity contribution in [2.24, 2.45) is 0 Å². The van der Waals surface area contributed by atoms with E-state index in [0.29, 0.717) is 25.1 Å². The first-order valence-corrected chi connectivity index (χ1v) is 16.3. The van der Waals surface area contributed by atoms with Gasteiger partial charge in [-0.2, -0.15) is 0 Å². The minimum atomic E-state index is -3.53. The van der Waals surface area contributed by atoms with Crippen molar-refractivity contribution in [2.45, 2.75) is 70.5 Å². The number of anilines is 1. The second-order valence-corrected chi connectivity index (χ2v) is 12.8. The standard InChI is InChI=1S/C33H41N3O4S/c1-26-14-9-10-17-28(26)25-35(32(37)22-13-23-36(41(2,39)40)30-20-7-4-8-21-30)31(24-27-15-5-3-6-16-27)33(38)34-29-18-11-12-19-29/h3-10,14-17,20-21,29,31H,11-13,18-19,22-25H2,1-2H3,(H,34,38)/t31-/m0/s1. The smallest absolute Gasteiger partial charge is 0.243 e. The second kappa shape index (κ2) is 14.3. The molecule has 0 spiro atoms. The highest BCUT2D eigenvalue weighted by molar-refractivity contribution is 7.92. The van der Waals surface area contributed by atoms with Gasteiger partial charge in [-0.25, -0.2) is 8.42 Å². The SMILES string of the molecule is Cc1ccccc1CN(C(=O)CCCN(c1ccccc1)S(C)(=O)=O)[C@@H](Cc1ccccc1)C(=O)NC1CCCC1. The van der Waals surface area contributed by atoms with Crippen molar-refractivity contribution in [3.8, 4) is 0 Å². The Hall–Kier alpha value is -3.65. The molecule has 0 heterocycles. The first-order valence-electron chi connectivity index (χ1n) is 14.4. The third kappa shape index (κ3) is 8.67. The summed E-state index contributed by atoms with van der Waals surface area (Å²) >= 11 is 0. The fourth-order valence-corrected chi connectivity index (χ4v) is 6.46. The predicted molar refractivity (Wildman–Crippen MR) is 164 cm³/mol. The van der Waals surface area contributed by atoms with E-state index in [2.05, 4.69) is 5.32 Å². The van der Waals surface area contributed by atoms with E-state index in [0.717, 1.165) is 42.4 Å². The molecular weight excluding hydrogens is 534 g/mol. The molecule has 218 valence electrons.